The van der Waals surface area contributed by atoms with E-state index in [1.165, 1.54) is 13.2 Å². The van der Waals surface area contributed by atoms with Crippen LogP contribution in [-0.4, -0.2) is 33.5 Å². The van der Waals surface area contributed by atoms with Crippen molar-refractivity contribution in [3.8, 4) is 0 Å². The minimum absolute atomic E-state index is 0.0510. The highest BCUT2D eigenvalue weighted by Gasteiger charge is 2.46. The Hall–Kier alpha value is -1.46. The van der Waals surface area contributed by atoms with Crippen molar-refractivity contribution >= 4 is 11.6 Å². The molecule has 0 fully saturated rings. The van der Waals surface area contributed by atoms with Crippen LogP contribution in [0.3, 0.4) is 0 Å². The average molecular weight is 252 g/mol. The first-order valence-corrected chi connectivity index (χ1v) is 5.98. The fourth-order valence-corrected chi connectivity index (χ4v) is 2.17. The zero-order valence-corrected chi connectivity index (χ0v) is 10.4. The quantitative estimate of drug-likeness (QED) is 0.787. The van der Waals surface area contributed by atoms with E-state index in [-0.39, 0.29) is 23.5 Å². The molecule has 2 atom stereocenters. The number of rotatable bonds is 3. The van der Waals surface area contributed by atoms with Gasteiger partial charge in [0.2, 0.25) is 0 Å². The third kappa shape index (κ3) is 1.79. The molecule has 0 saturated carbocycles. The fourth-order valence-electron chi connectivity index (χ4n) is 2.17. The molecule has 1 aromatic rings. The molecule has 5 nitrogen and oxygen atoms in total. The predicted molar refractivity (Wildman–Crippen MR) is 62.6 cm³/mol. The molecule has 0 aromatic carbocycles. The summed E-state index contributed by atoms with van der Waals surface area (Å²) in [4.78, 5) is 23.8. The Bertz CT molecular complexity index is 497. The number of aliphatic hydroxyl groups excluding tert-OH is 1. The molecule has 18 heavy (non-hydrogen) atoms. The zero-order valence-electron chi connectivity index (χ0n) is 10.4. The Balaban J connectivity index is 2.44. The lowest BCUT2D eigenvalue weighted by molar-refractivity contribution is -0.0427. The summed E-state index contributed by atoms with van der Waals surface area (Å²) in [5.74, 6) is -0.648. The second kappa shape index (κ2) is 4.33. The van der Waals surface area contributed by atoms with Gasteiger partial charge in [-0.3, -0.25) is 9.59 Å². The number of hydrogen-bond acceptors (Lipinski definition) is 5. The van der Waals surface area contributed by atoms with Gasteiger partial charge in [-0.1, -0.05) is 6.92 Å². The zero-order chi connectivity index (χ0) is 13.5. The lowest BCUT2D eigenvalue weighted by atomic mass is 9.79. The van der Waals surface area contributed by atoms with Gasteiger partial charge in [-0.05, 0) is 13.3 Å². The first kappa shape index (κ1) is 13.0. The van der Waals surface area contributed by atoms with Crippen LogP contribution in [0.2, 0.25) is 0 Å². The van der Waals surface area contributed by atoms with Crippen molar-refractivity contribution in [2.24, 2.45) is 0 Å². The van der Waals surface area contributed by atoms with E-state index in [1.54, 1.807) is 0 Å². The van der Waals surface area contributed by atoms with Crippen LogP contribution in [0.25, 0.3) is 0 Å². The van der Waals surface area contributed by atoms with Crippen LogP contribution >= 0.6 is 0 Å². The largest absolute Gasteiger partial charge is 0.460 e. The van der Waals surface area contributed by atoms with Gasteiger partial charge >= 0.3 is 0 Å². The lowest BCUT2D eigenvalue weighted by Gasteiger charge is -2.31. The van der Waals surface area contributed by atoms with Crippen molar-refractivity contribution in [1.82, 2.24) is 0 Å². The Morgan fingerprint density at radius 3 is 2.89 bits per heavy atom. The van der Waals surface area contributed by atoms with Crippen LogP contribution in [0.5, 0.6) is 0 Å². The monoisotopic (exact) mass is 252 g/mol. The summed E-state index contributed by atoms with van der Waals surface area (Å²) in [6.45, 7) is 3.14. The third-order valence-corrected chi connectivity index (χ3v) is 3.37. The highest BCUT2D eigenvalue weighted by molar-refractivity contribution is 6.07. The van der Waals surface area contributed by atoms with E-state index in [1.807, 2.05) is 6.92 Å². The Morgan fingerprint density at radius 1 is 1.61 bits per heavy atom. The summed E-state index contributed by atoms with van der Waals surface area (Å²) in [7, 11) is 0. The maximum atomic E-state index is 12.0. The predicted octanol–water partition coefficient (Wildman–Crippen LogP) is 1.11. The Labute approximate surface area is 104 Å². The molecule has 1 aliphatic carbocycles. The van der Waals surface area contributed by atoms with Crippen molar-refractivity contribution < 1.29 is 24.2 Å². The van der Waals surface area contributed by atoms with E-state index in [2.05, 4.69) is 0 Å². The Kier molecular flexibility index (Phi) is 3.12. The summed E-state index contributed by atoms with van der Waals surface area (Å²) in [5, 5.41) is 19.7. The van der Waals surface area contributed by atoms with Gasteiger partial charge in [0.25, 0.3) is 0 Å². The molecule has 0 bridgehead atoms. The summed E-state index contributed by atoms with van der Waals surface area (Å²) < 4.78 is 5.15. The molecule has 0 unspecified atom stereocenters. The number of Topliss-reactive ketones (excluding diaryl/α,β-unsaturated/α-hetero) is 2. The fraction of sp³-hybridized carbons (Fsp3) is 0.538. The van der Waals surface area contributed by atoms with Gasteiger partial charge in [0.05, 0.1) is 11.7 Å². The highest BCUT2D eigenvalue weighted by Crippen LogP contribution is 2.32. The highest BCUT2D eigenvalue weighted by atomic mass is 16.4. The molecule has 5 heteroatoms. The molecule has 0 spiro atoms. The summed E-state index contributed by atoms with van der Waals surface area (Å²) in [6, 6.07) is 0. The van der Waals surface area contributed by atoms with E-state index in [0.29, 0.717) is 18.4 Å². The number of carbonyl (C=O) groups is 2. The topological polar surface area (TPSA) is 87.7 Å². The van der Waals surface area contributed by atoms with Crippen molar-refractivity contribution in [2.45, 2.75) is 44.8 Å². The van der Waals surface area contributed by atoms with Crippen LogP contribution in [0.4, 0.5) is 0 Å². The van der Waals surface area contributed by atoms with Gasteiger partial charge in [-0.15, -0.1) is 0 Å². The number of aliphatic hydroxyl groups is 2. The number of hydrogen-bond donors (Lipinski definition) is 2. The molecule has 0 saturated heterocycles. The second-order valence-corrected chi connectivity index (χ2v) is 4.83. The van der Waals surface area contributed by atoms with Crippen LogP contribution < -0.4 is 0 Å². The van der Waals surface area contributed by atoms with Crippen LogP contribution in [-0.2, 0) is 6.42 Å². The maximum Gasteiger partial charge on any atom is 0.200 e. The minimum Gasteiger partial charge on any atom is -0.460 e. The van der Waals surface area contributed by atoms with Gasteiger partial charge in [-0.2, -0.15) is 0 Å². The number of furan rings is 1. The summed E-state index contributed by atoms with van der Waals surface area (Å²) in [5.41, 5.74) is -1.20. The normalized spacial score (nSPS) is 27.1. The third-order valence-electron chi connectivity index (χ3n) is 3.37. The first-order valence-electron chi connectivity index (χ1n) is 5.98. The number of fused-ring (bicyclic) bond motifs is 1. The number of carbonyl (C=O) groups excluding carboxylic acids is 2. The van der Waals surface area contributed by atoms with Crippen molar-refractivity contribution in [3.05, 3.63) is 23.2 Å². The molecular weight excluding hydrogens is 236 g/mol. The molecule has 2 rings (SSSR count). The number of ketones is 2. The van der Waals surface area contributed by atoms with E-state index < -0.39 is 17.5 Å². The molecule has 1 aliphatic rings. The maximum absolute atomic E-state index is 12.0. The first-order chi connectivity index (χ1) is 8.39. The molecular formula is C13H16O5. The molecule has 1 heterocycles. The second-order valence-electron chi connectivity index (χ2n) is 4.83. The summed E-state index contributed by atoms with van der Waals surface area (Å²) in [6.07, 6.45) is 1.04. The SMILES string of the molecule is CCCC(=O)c1occ2c1C[C@@H](O)[C@](C)(O)C2=O. The van der Waals surface area contributed by atoms with E-state index in [9.17, 15) is 19.8 Å². The van der Waals surface area contributed by atoms with Crippen molar-refractivity contribution in [1.29, 1.82) is 0 Å². The van der Waals surface area contributed by atoms with E-state index in [4.69, 9.17) is 4.42 Å². The molecule has 1 aromatic heterocycles. The van der Waals surface area contributed by atoms with Crippen molar-refractivity contribution in [3.63, 3.8) is 0 Å². The lowest BCUT2D eigenvalue weighted by Crippen LogP contribution is -2.51. The standard InChI is InChI=1S/C13H16O5/c1-3-4-9(14)11-7-5-10(15)13(2,17)12(16)8(7)6-18-11/h6,10,15,17H,3-5H2,1-2H3/t10-,13+/m1/s1. The van der Waals surface area contributed by atoms with Gasteiger partial charge in [-0.25, -0.2) is 0 Å². The van der Waals surface area contributed by atoms with E-state index in [0.717, 1.165) is 0 Å². The van der Waals surface area contributed by atoms with Crippen molar-refractivity contribution in [2.75, 3.05) is 0 Å². The Morgan fingerprint density at radius 2 is 2.28 bits per heavy atom. The molecule has 2 N–H and O–H groups in total. The average Bonchev–Trinajstić information content (AvgIpc) is 2.70. The van der Waals surface area contributed by atoms with Gasteiger partial charge in [0, 0.05) is 18.4 Å². The summed E-state index contributed by atoms with van der Waals surface area (Å²) >= 11 is 0. The molecule has 0 aliphatic heterocycles. The smallest absolute Gasteiger partial charge is 0.200 e. The molecule has 98 valence electrons. The van der Waals surface area contributed by atoms with Crippen LogP contribution in [0.15, 0.2) is 10.7 Å². The molecule has 0 amide bonds. The van der Waals surface area contributed by atoms with Crippen LogP contribution in [0, 0.1) is 0 Å². The van der Waals surface area contributed by atoms with E-state index >= 15 is 0 Å². The van der Waals surface area contributed by atoms with Crippen LogP contribution in [0.1, 0.15) is 53.2 Å². The van der Waals surface area contributed by atoms with Gasteiger partial charge in [0.1, 0.15) is 6.26 Å². The van der Waals surface area contributed by atoms with Gasteiger partial charge in [0.15, 0.2) is 22.9 Å². The van der Waals surface area contributed by atoms with Gasteiger partial charge < -0.3 is 14.6 Å². The molecule has 0 radical (unpaired) electrons. The minimum atomic E-state index is -1.82.